The fourth-order valence-electron chi connectivity index (χ4n) is 2.49. The van der Waals surface area contributed by atoms with Crippen molar-refractivity contribution in [3.63, 3.8) is 0 Å². The molecule has 0 heterocycles. The van der Waals surface area contributed by atoms with Crippen molar-refractivity contribution in [2.75, 3.05) is 13.2 Å². The van der Waals surface area contributed by atoms with Gasteiger partial charge in [-0.05, 0) is 12.8 Å². The van der Waals surface area contributed by atoms with E-state index in [-0.39, 0.29) is 82.4 Å². The Balaban J connectivity index is -0.000000272. The quantitative estimate of drug-likeness (QED) is 0.0852. The summed E-state index contributed by atoms with van der Waals surface area (Å²) < 4.78 is 44.3. The van der Waals surface area contributed by atoms with Crippen LogP contribution in [0.15, 0.2) is 0 Å². The Morgan fingerprint density at radius 2 is 0.906 bits per heavy atom. The Morgan fingerprint density at radius 1 is 0.656 bits per heavy atom. The molecule has 0 aliphatic heterocycles. The first-order chi connectivity index (χ1) is 13.7. The largest absolute Gasteiger partial charge is 4.00 e. The van der Waals surface area contributed by atoms with E-state index in [1.54, 1.807) is 0 Å². The summed E-state index contributed by atoms with van der Waals surface area (Å²) in [7, 11) is -5.17. The molecule has 183 valence electrons. The number of hydrogen-bond acceptors (Lipinski definition) is 8. The van der Waals surface area contributed by atoms with Gasteiger partial charge >= 0.3 is 69.5 Å². The number of rotatable bonds is 17. The van der Waals surface area contributed by atoms with Crippen molar-refractivity contribution < 1.29 is 83.2 Å². The maximum absolute atomic E-state index is 11.5. The van der Waals surface area contributed by atoms with E-state index in [1.165, 1.54) is 51.4 Å². The van der Waals surface area contributed by atoms with Crippen molar-refractivity contribution in [2.24, 2.45) is 0 Å². The van der Waals surface area contributed by atoms with Crippen LogP contribution in [0.3, 0.4) is 0 Å². The molecule has 0 rings (SSSR count). The molecule has 0 amide bonds. The molecule has 1 radical (unpaired) electrons. The molecule has 8 nitrogen and oxygen atoms in total. The third-order valence-corrected chi connectivity index (χ3v) is 4.06. The van der Waals surface area contributed by atoms with Crippen molar-refractivity contribution >= 4 is 33.3 Å². The van der Waals surface area contributed by atoms with Gasteiger partial charge in [-0.15, -0.1) is 0 Å². The SMILES string of the molecule is CCCCCCCCOC(=O)CCC(=O)OCCCCCCCC.O=S(=O)([O-])[O-].[Cu+2].[Na+].[Si+4]. The number of unbranched alkanes of at least 4 members (excludes halogenated alkanes) is 10. The Bertz CT molecular complexity index is 472. The van der Waals surface area contributed by atoms with Gasteiger partial charge in [-0.25, -0.2) is 0 Å². The van der Waals surface area contributed by atoms with E-state index in [2.05, 4.69) is 13.8 Å². The fourth-order valence-corrected chi connectivity index (χ4v) is 2.49. The van der Waals surface area contributed by atoms with E-state index in [0.717, 1.165) is 25.7 Å². The van der Waals surface area contributed by atoms with Gasteiger partial charge in [0.1, 0.15) is 0 Å². The molecule has 0 aromatic carbocycles. The smallest absolute Gasteiger partial charge is 0.759 e. The second kappa shape index (κ2) is 31.5. The van der Waals surface area contributed by atoms with E-state index in [9.17, 15) is 9.59 Å². The Hall–Kier alpha value is 0.546. The van der Waals surface area contributed by atoms with Crippen LogP contribution in [0.25, 0.3) is 0 Å². The van der Waals surface area contributed by atoms with E-state index in [4.69, 9.17) is 27.0 Å². The molecule has 0 aromatic rings. The van der Waals surface area contributed by atoms with Crippen LogP contribution in [0.2, 0.25) is 0 Å². The summed E-state index contributed by atoms with van der Waals surface area (Å²) in [5, 5.41) is 0. The molecule has 0 aliphatic rings. The number of carbonyl (C=O) groups is 2. The molecule has 0 fully saturated rings. The molecule has 0 unspecified atom stereocenters. The molecule has 0 aliphatic carbocycles. The van der Waals surface area contributed by atoms with Gasteiger partial charge < -0.3 is 18.6 Å². The van der Waals surface area contributed by atoms with Crippen LogP contribution in [-0.4, -0.2) is 53.6 Å². The minimum atomic E-state index is -5.17. The normalized spacial score (nSPS) is 9.75. The fraction of sp³-hybridized carbons (Fsp3) is 0.900. The zero-order valence-corrected chi connectivity index (χ0v) is 24.5. The van der Waals surface area contributed by atoms with Crippen molar-refractivity contribution in [1.82, 2.24) is 0 Å². The number of hydrogen-bond donors (Lipinski definition) is 0. The first-order valence-electron chi connectivity index (χ1n) is 10.7. The maximum Gasteiger partial charge on any atom is 4.00 e. The average molecular weight is 553 g/mol. The van der Waals surface area contributed by atoms with Crippen molar-refractivity contribution in [2.45, 2.75) is 104 Å². The molecule has 0 saturated carbocycles. The summed E-state index contributed by atoms with van der Waals surface area (Å²) >= 11 is 0. The number of ether oxygens (including phenoxy) is 2. The van der Waals surface area contributed by atoms with Crippen molar-refractivity contribution in [1.29, 1.82) is 0 Å². The third-order valence-electron chi connectivity index (χ3n) is 4.06. The first kappa shape index (κ1) is 42.7. The zero-order valence-electron chi connectivity index (χ0n) is 19.8. The van der Waals surface area contributed by atoms with Gasteiger partial charge in [0.05, 0.1) is 26.1 Å². The molecular formula is C20H38CuNaO8SSi+5. The van der Waals surface area contributed by atoms with Crippen LogP contribution >= 0.6 is 0 Å². The van der Waals surface area contributed by atoms with E-state index in [0.29, 0.717) is 13.2 Å². The van der Waals surface area contributed by atoms with E-state index >= 15 is 0 Å². The molecule has 12 heteroatoms. The predicted molar refractivity (Wildman–Crippen MR) is 114 cm³/mol. The summed E-state index contributed by atoms with van der Waals surface area (Å²) in [6.07, 6.45) is 14.3. The number of carbonyl (C=O) groups excluding carboxylic acids is 2. The van der Waals surface area contributed by atoms with Crippen LogP contribution < -0.4 is 29.6 Å². The molecule has 0 bridgehead atoms. The molecule has 0 atom stereocenters. The Kier molecular flexibility index (Phi) is 42.1. The average Bonchev–Trinajstić information content (AvgIpc) is 2.63. The van der Waals surface area contributed by atoms with Crippen LogP contribution in [0, 0.1) is 0 Å². The minimum Gasteiger partial charge on any atom is -0.759 e. The summed E-state index contributed by atoms with van der Waals surface area (Å²) in [5.41, 5.74) is 0. The maximum atomic E-state index is 11.5. The summed E-state index contributed by atoms with van der Waals surface area (Å²) in [6, 6.07) is 0. The Morgan fingerprint density at radius 3 is 1.19 bits per heavy atom. The topological polar surface area (TPSA) is 133 Å². The van der Waals surface area contributed by atoms with Crippen molar-refractivity contribution in [3.05, 3.63) is 0 Å². The minimum absolute atomic E-state index is 0. The first-order valence-corrected chi connectivity index (χ1v) is 12.0. The van der Waals surface area contributed by atoms with Gasteiger partial charge in [-0.1, -0.05) is 78.1 Å². The molecule has 0 spiro atoms. The second-order valence-corrected chi connectivity index (χ2v) is 7.70. The molecular weight excluding hydrogens is 515 g/mol. The zero-order chi connectivity index (χ0) is 22.4. The summed E-state index contributed by atoms with van der Waals surface area (Å²) in [5.74, 6) is -0.583. The van der Waals surface area contributed by atoms with Crippen molar-refractivity contribution in [3.8, 4) is 0 Å². The van der Waals surface area contributed by atoms with Gasteiger partial charge in [-0.3, -0.25) is 18.0 Å². The summed E-state index contributed by atoms with van der Waals surface area (Å²) in [6.45, 7) is 5.33. The monoisotopic (exact) mass is 552 g/mol. The van der Waals surface area contributed by atoms with Gasteiger partial charge in [0.25, 0.3) is 0 Å². The number of esters is 2. The Labute approximate surface area is 232 Å². The van der Waals surface area contributed by atoms with Gasteiger partial charge in [0, 0.05) is 10.4 Å². The standard InChI is InChI=1S/C20H38O4.Cu.Na.H2O4S.Si/c1-3-5-7-9-11-13-17-23-19(21)15-16-20(22)24-18-14-12-10-8-6-4-2;;;1-5(2,3)4;/h3-18H2,1-2H3;;;(H2,1,2,3,4);/q;+2;+1;;+4/p-2. The molecule has 32 heavy (non-hydrogen) atoms. The van der Waals surface area contributed by atoms with Gasteiger partial charge in [-0.2, -0.15) is 0 Å². The second-order valence-electron chi connectivity index (χ2n) is 6.88. The predicted octanol–water partition coefficient (Wildman–Crippen LogP) is 0.857. The van der Waals surface area contributed by atoms with Crippen LogP contribution in [0.1, 0.15) is 104 Å². The molecule has 0 N–H and O–H groups in total. The van der Waals surface area contributed by atoms with Crippen LogP contribution in [-0.2, 0) is 46.5 Å². The van der Waals surface area contributed by atoms with Gasteiger partial charge in [0.15, 0.2) is 0 Å². The molecule has 0 aromatic heterocycles. The molecule has 0 saturated heterocycles. The third kappa shape index (κ3) is 48.1. The summed E-state index contributed by atoms with van der Waals surface area (Å²) in [4.78, 5) is 23.1. The van der Waals surface area contributed by atoms with E-state index < -0.39 is 10.4 Å². The van der Waals surface area contributed by atoms with Crippen LogP contribution in [0.5, 0.6) is 0 Å². The van der Waals surface area contributed by atoms with E-state index in [1.807, 2.05) is 0 Å². The van der Waals surface area contributed by atoms with Crippen LogP contribution in [0.4, 0.5) is 0 Å². The van der Waals surface area contributed by atoms with Gasteiger partial charge in [0.2, 0.25) is 0 Å².